The van der Waals surface area contributed by atoms with Gasteiger partial charge in [-0.1, -0.05) is 0 Å². The average Bonchev–Trinajstić information content (AvgIpc) is 2.83. The van der Waals surface area contributed by atoms with Crippen molar-refractivity contribution < 1.29 is 4.79 Å². The first-order valence-electron chi connectivity index (χ1n) is 7.64. The van der Waals surface area contributed by atoms with E-state index in [0.29, 0.717) is 12.3 Å². The van der Waals surface area contributed by atoms with Gasteiger partial charge in [-0.2, -0.15) is 0 Å². The van der Waals surface area contributed by atoms with E-state index in [0.717, 1.165) is 32.6 Å². The van der Waals surface area contributed by atoms with Crippen LogP contribution in [0.25, 0.3) is 0 Å². The fraction of sp³-hybridized carbons (Fsp3) is 0.733. The molecule has 1 aliphatic rings. The SMILES string of the molecule is CCNC(=O)CCN1CCC[C@@H](Cc2nccn2C)C1. The van der Waals surface area contributed by atoms with Crippen molar-refractivity contribution in [3.63, 3.8) is 0 Å². The van der Waals surface area contributed by atoms with Crippen LogP contribution in [0.5, 0.6) is 0 Å². The lowest BCUT2D eigenvalue weighted by Gasteiger charge is -2.32. The van der Waals surface area contributed by atoms with Crippen LogP contribution in [0, 0.1) is 5.92 Å². The predicted molar refractivity (Wildman–Crippen MR) is 79.4 cm³/mol. The summed E-state index contributed by atoms with van der Waals surface area (Å²) in [4.78, 5) is 18.4. The lowest BCUT2D eigenvalue weighted by atomic mass is 9.94. The minimum absolute atomic E-state index is 0.165. The molecular weight excluding hydrogens is 252 g/mol. The van der Waals surface area contributed by atoms with Crippen molar-refractivity contribution in [3.05, 3.63) is 18.2 Å². The number of aryl methyl sites for hydroxylation is 1. The first kappa shape index (κ1) is 15.0. The van der Waals surface area contributed by atoms with Crippen molar-refractivity contribution in [3.8, 4) is 0 Å². The van der Waals surface area contributed by atoms with Crippen LogP contribution < -0.4 is 5.32 Å². The summed E-state index contributed by atoms with van der Waals surface area (Å²) >= 11 is 0. The molecule has 0 aliphatic carbocycles. The summed E-state index contributed by atoms with van der Waals surface area (Å²) in [6.07, 6.45) is 8.02. The smallest absolute Gasteiger partial charge is 0.221 e. The quantitative estimate of drug-likeness (QED) is 0.850. The molecule has 1 atom stereocenters. The number of hydrogen-bond donors (Lipinski definition) is 1. The van der Waals surface area contributed by atoms with Gasteiger partial charge in [-0.3, -0.25) is 4.79 Å². The number of nitrogens with one attached hydrogen (secondary N) is 1. The molecule has 0 bridgehead atoms. The Morgan fingerprint density at radius 3 is 3.10 bits per heavy atom. The normalized spacial score (nSPS) is 20.0. The molecule has 1 aromatic rings. The molecule has 112 valence electrons. The van der Waals surface area contributed by atoms with Gasteiger partial charge in [-0.25, -0.2) is 4.98 Å². The number of carbonyl (C=O) groups excluding carboxylic acids is 1. The Labute approximate surface area is 121 Å². The van der Waals surface area contributed by atoms with E-state index >= 15 is 0 Å². The molecule has 20 heavy (non-hydrogen) atoms. The van der Waals surface area contributed by atoms with E-state index in [1.807, 2.05) is 19.3 Å². The lowest BCUT2D eigenvalue weighted by molar-refractivity contribution is -0.121. The first-order valence-corrected chi connectivity index (χ1v) is 7.64. The summed E-state index contributed by atoms with van der Waals surface area (Å²) in [5.74, 6) is 2.00. The van der Waals surface area contributed by atoms with Crippen LogP contribution in [-0.2, 0) is 18.3 Å². The van der Waals surface area contributed by atoms with Crippen LogP contribution in [0.1, 0.15) is 32.0 Å². The van der Waals surface area contributed by atoms with Gasteiger partial charge < -0.3 is 14.8 Å². The highest BCUT2D eigenvalue weighted by atomic mass is 16.1. The molecule has 2 heterocycles. The Morgan fingerprint density at radius 2 is 2.40 bits per heavy atom. The van der Waals surface area contributed by atoms with Crippen LogP contribution in [0.2, 0.25) is 0 Å². The summed E-state index contributed by atoms with van der Waals surface area (Å²) in [5, 5.41) is 2.86. The monoisotopic (exact) mass is 278 g/mol. The van der Waals surface area contributed by atoms with Crippen molar-refractivity contribution in [2.75, 3.05) is 26.2 Å². The Morgan fingerprint density at radius 1 is 1.55 bits per heavy atom. The fourth-order valence-electron chi connectivity index (χ4n) is 2.92. The summed E-state index contributed by atoms with van der Waals surface area (Å²) in [7, 11) is 2.05. The molecule has 5 nitrogen and oxygen atoms in total. The second kappa shape index (κ2) is 7.43. The maximum atomic E-state index is 11.5. The zero-order chi connectivity index (χ0) is 14.4. The van der Waals surface area contributed by atoms with Gasteiger partial charge in [0.05, 0.1) is 0 Å². The van der Waals surface area contributed by atoms with Gasteiger partial charge in [-0.05, 0) is 32.2 Å². The van der Waals surface area contributed by atoms with Gasteiger partial charge in [0.15, 0.2) is 0 Å². The minimum Gasteiger partial charge on any atom is -0.356 e. The average molecular weight is 278 g/mol. The third kappa shape index (κ3) is 4.34. The topological polar surface area (TPSA) is 50.2 Å². The number of imidazole rings is 1. The Balaban J connectivity index is 1.77. The van der Waals surface area contributed by atoms with Gasteiger partial charge >= 0.3 is 0 Å². The van der Waals surface area contributed by atoms with Gasteiger partial charge in [0.1, 0.15) is 5.82 Å². The maximum absolute atomic E-state index is 11.5. The highest BCUT2D eigenvalue weighted by molar-refractivity contribution is 5.75. The van der Waals surface area contributed by atoms with Crippen LogP contribution in [-0.4, -0.2) is 46.5 Å². The third-order valence-corrected chi connectivity index (χ3v) is 4.02. The Kier molecular flexibility index (Phi) is 5.59. The molecule has 0 spiro atoms. The zero-order valence-corrected chi connectivity index (χ0v) is 12.6. The second-order valence-electron chi connectivity index (χ2n) is 5.67. The predicted octanol–water partition coefficient (Wildman–Crippen LogP) is 1.20. The van der Waals surface area contributed by atoms with E-state index in [4.69, 9.17) is 0 Å². The molecule has 1 aromatic heterocycles. The number of rotatable bonds is 6. The highest BCUT2D eigenvalue weighted by Crippen LogP contribution is 2.20. The maximum Gasteiger partial charge on any atom is 0.221 e. The molecule has 0 unspecified atom stereocenters. The summed E-state index contributed by atoms with van der Waals surface area (Å²) in [6, 6.07) is 0. The molecule has 1 fully saturated rings. The summed E-state index contributed by atoms with van der Waals surface area (Å²) < 4.78 is 2.10. The molecule has 1 aliphatic heterocycles. The van der Waals surface area contributed by atoms with Crippen molar-refractivity contribution >= 4 is 5.91 Å². The van der Waals surface area contributed by atoms with Gasteiger partial charge in [-0.15, -0.1) is 0 Å². The number of amides is 1. The van der Waals surface area contributed by atoms with E-state index < -0.39 is 0 Å². The molecule has 1 N–H and O–H groups in total. The van der Waals surface area contributed by atoms with E-state index in [1.165, 1.54) is 18.7 Å². The van der Waals surface area contributed by atoms with Crippen LogP contribution in [0.15, 0.2) is 12.4 Å². The van der Waals surface area contributed by atoms with E-state index in [-0.39, 0.29) is 5.91 Å². The van der Waals surface area contributed by atoms with Crippen LogP contribution in [0.4, 0.5) is 0 Å². The zero-order valence-electron chi connectivity index (χ0n) is 12.6. The van der Waals surface area contributed by atoms with E-state index in [9.17, 15) is 4.79 Å². The largest absolute Gasteiger partial charge is 0.356 e. The number of nitrogens with zero attached hydrogens (tertiary/aromatic N) is 3. The van der Waals surface area contributed by atoms with E-state index in [1.54, 1.807) is 0 Å². The molecule has 2 rings (SSSR count). The molecule has 0 saturated carbocycles. The molecule has 0 radical (unpaired) electrons. The number of hydrogen-bond acceptors (Lipinski definition) is 3. The Hall–Kier alpha value is -1.36. The Bertz CT molecular complexity index is 429. The summed E-state index contributed by atoms with van der Waals surface area (Å²) in [6.45, 7) is 5.77. The second-order valence-corrected chi connectivity index (χ2v) is 5.67. The number of aromatic nitrogens is 2. The van der Waals surface area contributed by atoms with E-state index in [2.05, 4.69) is 26.8 Å². The lowest BCUT2D eigenvalue weighted by Crippen LogP contribution is -2.38. The third-order valence-electron chi connectivity index (χ3n) is 4.02. The molecule has 5 heteroatoms. The molecule has 1 amide bonds. The standard InChI is InChI=1S/C15H26N4O/c1-3-16-15(20)6-9-19-8-4-5-13(12-19)11-14-17-7-10-18(14)2/h7,10,13H,3-6,8-9,11-12H2,1-2H3,(H,16,20)/t13-/m0/s1. The van der Waals surface area contributed by atoms with Crippen molar-refractivity contribution in [2.45, 2.75) is 32.6 Å². The van der Waals surface area contributed by atoms with Gasteiger partial charge in [0, 0.05) is 51.9 Å². The number of likely N-dealkylation sites (tertiary alicyclic amines) is 1. The molecule has 1 saturated heterocycles. The van der Waals surface area contributed by atoms with Crippen LogP contribution in [0.3, 0.4) is 0 Å². The van der Waals surface area contributed by atoms with Crippen molar-refractivity contribution in [1.82, 2.24) is 19.8 Å². The van der Waals surface area contributed by atoms with Crippen LogP contribution >= 0.6 is 0 Å². The van der Waals surface area contributed by atoms with Gasteiger partial charge in [0.25, 0.3) is 0 Å². The van der Waals surface area contributed by atoms with Crippen molar-refractivity contribution in [2.24, 2.45) is 13.0 Å². The molecular formula is C15H26N4O. The number of carbonyl (C=O) groups is 1. The van der Waals surface area contributed by atoms with Gasteiger partial charge in [0.2, 0.25) is 5.91 Å². The minimum atomic E-state index is 0.165. The highest BCUT2D eigenvalue weighted by Gasteiger charge is 2.21. The molecule has 0 aromatic carbocycles. The first-order chi connectivity index (χ1) is 9.69. The summed E-state index contributed by atoms with van der Waals surface area (Å²) in [5.41, 5.74) is 0. The van der Waals surface area contributed by atoms with Crippen molar-refractivity contribution in [1.29, 1.82) is 0 Å². The fourth-order valence-corrected chi connectivity index (χ4v) is 2.92. The number of piperidine rings is 1.